The van der Waals surface area contributed by atoms with Gasteiger partial charge in [-0.15, -0.1) is 0 Å². The Morgan fingerprint density at radius 3 is 3.06 bits per heavy atom. The van der Waals surface area contributed by atoms with E-state index in [0.29, 0.717) is 0 Å². The minimum atomic E-state index is 0.246. The highest BCUT2D eigenvalue weighted by Crippen LogP contribution is 2.39. The monoisotopic (exact) mass is 241 g/mol. The number of ether oxygens (including phenoxy) is 1. The zero-order chi connectivity index (χ0) is 11.0. The van der Waals surface area contributed by atoms with Crippen LogP contribution in [0.3, 0.4) is 0 Å². The van der Waals surface area contributed by atoms with Crippen LogP contribution in [0.4, 0.5) is 0 Å². The molecule has 2 aliphatic heterocycles. The van der Waals surface area contributed by atoms with Crippen LogP contribution in [-0.2, 0) is 4.74 Å². The summed E-state index contributed by atoms with van der Waals surface area (Å²) < 4.78 is 6.04. The lowest BCUT2D eigenvalue weighted by atomic mass is 9.90. The van der Waals surface area contributed by atoms with Gasteiger partial charge in [0.05, 0.1) is 5.60 Å². The van der Waals surface area contributed by atoms with Gasteiger partial charge in [0.25, 0.3) is 0 Å². The van der Waals surface area contributed by atoms with Crippen LogP contribution in [0.25, 0.3) is 0 Å². The molecule has 0 amide bonds. The van der Waals surface area contributed by atoms with Crippen LogP contribution in [0.5, 0.6) is 0 Å². The SMILES string of the molecule is CC1CC1CNC1CCOC2(CCSC2)C1. The zero-order valence-corrected chi connectivity index (χ0v) is 11.0. The molecular weight excluding hydrogens is 218 g/mol. The largest absolute Gasteiger partial charge is 0.374 e. The standard InChI is InChI=1S/C13H23NOS/c1-10-6-11(10)8-14-12-2-4-15-13(7-12)3-5-16-9-13/h10-12,14H,2-9H2,1H3. The van der Waals surface area contributed by atoms with Crippen molar-refractivity contribution < 1.29 is 4.74 Å². The molecule has 2 nitrogen and oxygen atoms in total. The Bertz CT molecular complexity index is 252. The van der Waals surface area contributed by atoms with Crippen molar-refractivity contribution in [1.29, 1.82) is 0 Å². The van der Waals surface area contributed by atoms with Gasteiger partial charge in [-0.2, -0.15) is 11.8 Å². The molecule has 4 atom stereocenters. The summed E-state index contributed by atoms with van der Waals surface area (Å²) in [5, 5.41) is 3.78. The maximum absolute atomic E-state index is 6.04. The van der Waals surface area contributed by atoms with E-state index in [1.807, 2.05) is 0 Å². The van der Waals surface area contributed by atoms with E-state index in [9.17, 15) is 0 Å². The summed E-state index contributed by atoms with van der Waals surface area (Å²) >= 11 is 2.07. The second-order valence-electron chi connectivity index (χ2n) is 5.91. The smallest absolute Gasteiger partial charge is 0.0795 e. The minimum Gasteiger partial charge on any atom is -0.374 e. The number of nitrogens with one attached hydrogen (secondary N) is 1. The van der Waals surface area contributed by atoms with E-state index in [2.05, 4.69) is 24.0 Å². The van der Waals surface area contributed by atoms with Gasteiger partial charge < -0.3 is 10.1 Å². The summed E-state index contributed by atoms with van der Waals surface area (Å²) in [5.41, 5.74) is 0.246. The maximum atomic E-state index is 6.04. The summed E-state index contributed by atoms with van der Waals surface area (Å²) in [6.45, 7) is 4.58. The zero-order valence-electron chi connectivity index (χ0n) is 10.2. The Labute approximate surface area is 103 Å². The van der Waals surface area contributed by atoms with Crippen molar-refractivity contribution in [2.45, 2.75) is 44.2 Å². The molecule has 0 aromatic carbocycles. The average Bonchev–Trinajstić information content (AvgIpc) is 2.81. The van der Waals surface area contributed by atoms with E-state index in [4.69, 9.17) is 4.74 Å². The third kappa shape index (κ3) is 2.41. The van der Waals surface area contributed by atoms with Crippen LogP contribution in [0.1, 0.15) is 32.6 Å². The average molecular weight is 241 g/mol. The molecule has 92 valence electrons. The summed E-state index contributed by atoms with van der Waals surface area (Å²) in [6, 6.07) is 0.722. The van der Waals surface area contributed by atoms with Gasteiger partial charge in [-0.3, -0.25) is 0 Å². The van der Waals surface area contributed by atoms with Crippen LogP contribution >= 0.6 is 11.8 Å². The van der Waals surface area contributed by atoms with Gasteiger partial charge in [-0.25, -0.2) is 0 Å². The van der Waals surface area contributed by atoms with Crippen LogP contribution in [0.15, 0.2) is 0 Å². The van der Waals surface area contributed by atoms with Crippen molar-refractivity contribution in [1.82, 2.24) is 5.32 Å². The Balaban J connectivity index is 1.48. The van der Waals surface area contributed by atoms with Crippen molar-refractivity contribution in [3.05, 3.63) is 0 Å². The highest BCUT2D eigenvalue weighted by molar-refractivity contribution is 7.99. The van der Waals surface area contributed by atoms with Crippen molar-refractivity contribution >= 4 is 11.8 Å². The molecule has 3 rings (SSSR count). The lowest BCUT2D eigenvalue weighted by molar-refractivity contribution is -0.0701. The van der Waals surface area contributed by atoms with Crippen LogP contribution in [0.2, 0.25) is 0 Å². The van der Waals surface area contributed by atoms with E-state index in [1.54, 1.807) is 0 Å². The minimum absolute atomic E-state index is 0.246. The molecule has 1 N–H and O–H groups in total. The fourth-order valence-electron chi connectivity index (χ4n) is 3.07. The van der Waals surface area contributed by atoms with Gasteiger partial charge in [-0.05, 0) is 49.8 Å². The highest BCUT2D eigenvalue weighted by Gasteiger charge is 2.41. The van der Waals surface area contributed by atoms with Gasteiger partial charge in [-0.1, -0.05) is 6.92 Å². The normalized spacial score (nSPS) is 47.4. The molecule has 0 aromatic heterocycles. The molecule has 0 bridgehead atoms. The van der Waals surface area contributed by atoms with Gasteiger partial charge in [0.2, 0.25) is 0 Å². The first kappa shape index (κ1) is 11.4. The maximum Gasteiger partial charge on any atom is 0.0795 e. The van der Waals surface area contributed by atoms with Gasteiger partial charge in [0.1, 0.15) is 0 Å². The molecule has 3 aliphatic rings. The first-order chi connectivity index (χ1) is 7.77. The molecule has 0 radical (unpaired) electrons. The topological polar surface area (TPSA) is 21.3 Å². The van der Waals surface area contributed by atoms with E-state index in [0.717, 1.165) is 24.5 Å². The van der Waals surface area contributed by atoms with Crippen molar-refractivity contribution in [3.63, 3.8) is 0 Å². The quantitative estimate of drug-likeness (QED) is 0.819. The van der Waals surface area contributed by atoms with Gasteiger partial charge in [0, 0.05) is 18.4 Å². The summed E-state index contributed by atoms with van der Waals surface area (Å²) in [6.07, 6.45) is 5.18. The Morgan fingerprint density at radius 1 is 1.50 bits per heavy atom. The fourth-order valence-corrected chi connectivity index (χ4v) is 4.45. The molecule has 1 saturated carbocycles. The molecule has 2 heterocycles. The van der Waals surface area contributed by atoms with Crippen molar-refractivity contribution in [3.8, 4) is 0 Å². The Kier molecular flexibility index (Phi) is 3.20. The Hall–Kier alpha value is 0.270. The Morgan fingerprint density at radius 2 is 2.38 bits per heavy atom. The third-order valence-electron chi connectivity index (χ3n) is 4.50. The first-order valence-electron chi connectivity index (χ1n) is 6.72. The lowest BCUT2D eigenvalue weighted by Crippen LogP contribution is -2.47. The highest BCUT2D eigenvalue weighted by atomic mass is 32.2. The first-order valence-corrected chi connectivity index (χ1v) is 7.88. The third-order valence-corrected chi connectivity index (χ3v) is 5.73. The molecule has 16 heavy (non-hydrogen) atoms. The predicted octanol–water partition coefficient (Wildman–Crippen LogP) is 2.29. The number of thioether (sulfide) groups is 1. The van der Waals surface area contributed by atoms with Crippen LogP contribution < -0.4 is 5.32 Å². The van der Waals surface area contributed by atoms with E-state index >= 15 is 0 Å². The van der Waals surface area contributed by atoms with Gasteiger partial charge >= 0.3 is 0 Å². The van der Waals surface area contributed by atoms with Crippen molar-refractivity contribution in [2.75, 3.05) is 24.7 Å². The second-order valence-corrected chi connectivity index (χ2v) is 7.01. The molecule has 0 aromatic rings. The summed E-state index contributed by atoms with van der Waals surface area (Å²) in [5.74, 6) is 4.47. The second kappa shape index (κ2) is 4.51. The molecule has 3 fully saturated rings. The summed E-state index contributed by atoms with van der Waals surface area (Å²) in [7, 11) is 0. The lowest BCUT2D eigenvalue weighted by Gasteiger charge is -2.38. The van der Waals surface area contributed by atoms with Crippen LogP contribution in [0, 0.1) is 11.8 Å². The number of rotatable bonds is 3. The molecule has 1 aliphatic carbocycles. The van der Waals surface area contributed by atoms with E-state index < -0.39 is 0 Å². The molecule has 3 heteroatoms. The van der Waals surface area contributed by atoms with Crippen molar-refractivity contribution in [2.24, 2.45) is 11.8 Å². The number of hydrogen-bond donors (Lipinski definition) is 1. The number of hydrogen-bond acceptors (Lipinski definition) is 3. The molecular formula is C13H23NOS. The summed E-state index contributed by atoms with van der Waals surface area (Å²) in [4.78, 5) is 0. The van der Waals surface area contributed by atoms with E-state index in [1.165, 1.54) is 43.7 Å². The predicted molar refractivity (Wildman–Crippen MR) is 68.9 cm³/mol. The fraction of sp³-hybridized carbons (Fsp3) is 1.00. The van der Waals surface area contributed by atoms with E-state index in [-0.39, 0.29) is 5.60 Å². The molecule has 4 unspecified atom stereocenters. The molecule has 2 saturated heterocycles. The van der Waals surface area contributed by atoms with Crippen LogP contribution in [-0.4, -0.2) is 36.3 Å². The molecule has 1 spiro atoms. The van der Waals surface area contributed by atoms with Gasteiger partial charge in [0.15, 0.2) is 0 Å².